The highest BCUT2D eigenvalue weighted by atomic mass is 16.6. The lowest BCUT2D eigenvalue weighted by atomic mass is 9.90. The summed E-state index contributed by atoms with van der Waals surface area (Å²) >= 11 is 0. The summed E-state index contributed by atoms with van der Waals surface area (Å²) in [6.45, 7) is 7.07. The van der Waals surface area contributed by atoms with Crippen molar-refractivity contribution in [1.82, 2.24) is 0 Å². The van der Waals surface area contributed by atoms with Crippen molar-refractivity contribution in [3.8, 4) is 0 Å². The van der Waals surface area contributed by atoms with E-state index in [-0.39, 0.29) is 11.5 Å². The molecule has 0 atom stereocenters. The number of carbonyl (C=O) groups excluding carboxylic acids is 1. The third-order valence-electron chi connectivity index (χ3n) is 4.46. The maximum absolute atomic E-state index is 12.3. The first-order valence-electron chi connectivity index (χ1n) is 7.69. The smallest absolute Gasteiger partial charge is 0.414 e. The molecule has 3 rings (SSSR count). The maximum Gasteiger partial charge on any atom is 0.414 e. The summed E-state index contributed by atoms with van der Waals surface area (Å²) < 4.78 is 5.51. The Kier molecular flexibility index (Phi) is 3.24. The number of anilines is 1. The van der Waals surface area contributed by atoms with Crippen LogP contribution in [0.3, 0.4) is 0 Å². The molecule has 1 aromatic rings. The second-order valence-electron chi connectivity index (χ2n) is 7.17. The van der Waals surface area contributed by atoms with Gasteiger partial charge in [0, 0.05) is 18.5 Å². The van der Waals surface area contributed by atoms with E-state index in [0.717, 1.165) is 24.9 Å². The molecule has 1 aliphatic carbocycles. The fourth-order valence-corrected chi connectivity index (χ4v) is 3.17. The van der Waals surface area contributed by atoms with Gasteiger partial charge in [0.2, 0.25) is 0 Å². The van der Waals surface area contributed by atoms with Crippen LogP contribution in [0.15, 0.2) is 18.2 Å². The minimum atomic E-state index is -0.466. The van der Waals surface area contributed by atoms with Crippen LogP contribution in [0.25, 0.3) is 0 Å². The fourth-order valence-electron chi connectivity index (χ4n) is 3.17. The van der Waals surface area contributed by atoms with Crippen molar-refractivity contribution in [2.45, 2.75) is 51.0 Å². The van der Waals surface area contributed by atoms with Crippen molar-refractivity contribution in [2.75, 3.05) is 18.0 Å². The van der Waals surface area contributed by atoms with Gasteiger partial charge in [0.25, 0.3) is 0 Å². The van der Waals surface area contributed by atoms with Gasteiger partial charge >= 0.3 is 6.09 Å². The number of ether oxygens (including phenoxy) is 1. The van der Waals surface area contributed by atoms with E-state index in [1.165, 1.54) is 11.1 Å². The number of amides is 1. The third-order valence-corrected chi connectivity index (χ3v) is 4.46. The molecule has 4 heteroatoms. The molecule has 2 N–H and O–H groups in total. The molecular weight excluding hydrogens is 264 g/mol. The average Bonchev–Trinajstić information content (AvgIpc) is 3.08. The Morgan fingerprint density at radius 2 is 2.10 bits per heavy atom. The number of rotatable bonds is 2. The van der Waals surface area contributed by atoms with E-state index in [9.17, 15) is 4.79 Å². The van der Waals surface area contributed by atoms with Crippen LogP contribution in [-0.4, -0.2) is 24.8 Å². The first-order valence-corrected chi connectivity index (χ1v) is 7.69. The number of fused-ring (bicyclic) bond motifs is 1. The van der Waals surface area contributed by atoms with E-state index in [1.54, 1.807) is 4.90 Å². The lowest BCUT2D eigenvalue weighted by Crippen LogP contribution is -2.35. The van der Waals surface area contributed by atoms with Crippen LogP contribution in [0, 0.1) is 0 Å². The van der Waals surface area contributed by atoms with Gasteiger partial charge in [-0.25, -0.2) is 4.79 Å². The normalized spacial score (nSPS) is 19.3. The molecule has 0 spiro atoms. The number of carbonyl (C=O) groups is 1. The molecule has 1 fully saturated rings. The summed E-state index contributed by atoms with van der Waals surface area (Å²) in [7, 11) is 0. The summed E-state index contributed by atoms with van der Waals surface area (Å²) in [4.78, 5) is 14.1. The van der Waals surface area contributed by atoms with Gasteiger partial charge in [-0.2, -0.15) is 0 Å². The van der Waals surface area contributed by atoms with Crippen molar-refractivity contribution < 1.29 is 9.53 Å². The average molecular weight is 288 g/mol. The second-order valence-corrected chi connectivity index (χ2v) is 7.17. The Hall–Kier alpha value is -1.55. The van der Waals surface area contributed by atoms with Crippen LogP contribution in [0.4, 0.5) is 10.5 Å². The zero-order valence-corrected chi connectivity index (χ0v) is 13.1. The van der Waals surface area contributed by atoms with Crippen LogP contribution >= 0.6 is 0 Å². The van der Waals surface area contributed by atoms with Gasteiger partial charge in [0.15, 0.2) is 0 Å². The molecule has 114 valence electrons. The molecule has 1 amide bonds. The molecule has 1 saturated carbocycles. The molecule has 0 unspecified atom stereocenters. The molecule has 4 nitrogen and oxygen atoms in total. The summed E-state index contributed by atoms with van der Waals surface area (Å²) in [5.41, 5.74) is 9.29. The van der Waals surface area contributed by atoms with Gasteiger partial charge in [-0.05, 0) is 57.2 Å². The first-order chi connectivity index (χ1) is 9.86. The molecule has 0 saturated heterocycles. The van der Waals surface area contributed by atoms with Crippen LogP contribution in [-0.2, 0) is 16.6 Å². The lowest BCUT2D eigenvalue weighted by Gasteiger charge is -2.25. The molecule has 0 radical (unpaired) electrons. The number of nitrogens with zero attached hydrogens (tertiary/aromatic N) is 1. The number of hydrogen-bond donors (Lipinski definition) is 1. The van der Waals surface area contributed by atoms with Gasteiger partial charge in [0.05, 0.1) is 5.69 Å². The van der Waals surface area contributed by atoms with Crippen LogP contribution < -0.4 is 10.6 Å². The zero-order valence-electron chi connectivity index (χ0n) is 13.1. The first kappa shape index (κ1) is 14.4. The molecule has 1 aliphatic heterocycles. The Morgan fingerprint density at radius 1 is 1.38 bits per heavy atom. The number of hydrogen-bond acceptors (Lipinski definition) is 3. The van der Waals surface area contributed by atoms with Gasteiger partial charge in [0.1, 0.15) is 5.60 Å². The number of nitrogens with two attached hydrogens (primary N) is 1. The highest BCUT2D eigenvalue weighted by Gasteiger charge is 2.45. The predicted octanol–water partition coefficient (Wildman–Crippen LogP) is 2.97. The van der Waals surface area contributed by atoms with Gasteiger partial charge in [-0.1, -0.05) is 12.1 Å². The van der Waals surface area contributed by atoms with E-state index in [2.05, 4.69) is 6.07 Å². The van der Waals surface area contributed by atoms with E-state index < -0.39 is 5.60 Å². The molecule has 1 heterocycles. The third kappa shape index (κ3) is 2.53. The topological polar surface area (TPSA) is 55.6 Å². The zero-order chi connectivity index (χ0) is 15.3. The van der Waals surface area contributed by atoms with E-state index in [1.807, 2.05) is 32.9 Å². The largest absolute Gasteiger partial charge is 0.443 e. The Morgan fingerprint density at radius 3 is 2.67 bits per heavy atom. The van der Waals surface area contributed by atoms with Crippen molar-refractivity contribution in [1.29, 1.82) is 0 Å². The fraction of sp³-hybridized carbons (Fsp3) is 0.588. The summed E-state index contributed by atoms with van der Waals surface area (Å²) in [6.07, 6.45) is 2.96. The van der Waals surface area contributed by atoms with Crippen LogP contribution in [0.2, 0.25) is 0 Å². The second kappa shape index (κ2) is 4.73. The van der Waals surface area contributed by atoms with Crippen LogP contribution in [0.5, 0.6) is 0 Å². The van der Waals surface area contributed by atoms with E-state index in [4.69, 9.17) is 10.5 Å². The summed E-state index contributed by atoms with van der Waals surface area (Å²) in [5, 5.41) is 0. The minimum Gasteiger partial charge on any atom is -0.443 e. The van der Waals surface area contributed by atoms with Crippen molar-refractivity contribution in [3.63, 3.8) is 0 Å². The predicted molar refractivity (Wildman–Crippen MR) is 83.7 cm³/mol. The van der Waals surface area contributed by atoms with E-state index in [0.29, 0.717) is 13.1 Å². The van der Waals surface area contributed by atoms with Gasteiger partial charge in [-0.3, -0.25) is 4.90 Å². The SMILES string of the molecule is CC(C)(C)OC(=O)N1CCc2c1cccc2C1(CN)CC1. The molecule has 21 heavy (non-hydrogen) atoms. The molecule has 1 aromatic carbocycles. The van der Waals surface area contributed by atoms with Crippen molar-refractivity contribution >= 4 is 11.8 Å². The quantitative estimate of drug-likeness (QED) is 0.910. The van der Waals surface area contributed by atoms with Gasteiger partial charge in [-0.15, -0.1) is 0 Å². The molecule has 0 bridgehead atoms. The Bertz CT molecular complexity index is 571. The monoisotopic (exact) mass is 288 g/mol. The lowest BCUT2D eigenvalue weighted by molar-refractivity contribution is 0.0584. The highest BCUT2D eigenvalue weighted by molar-refractivity contribution is 5.91. The summed E-state index contributed by atoms with van der Waals surface area (Å²) in [6, 6.07) is 6.23. The standard InChI is InChI=1S/C17H24N2O2/c1-16(2,3)21-15(20)19-10-7-12-13(5-4-6-14(12)19)17(11-18)8-9-17/h4-6H,7-11,18H2,1-3H3. The van der Waals surface area contributed by atoms with Gasteiger partial charge < -0.3 is 10.5 Å². The summed E-state index contributed by atoms with van der Waals surface area (Å²) in [5.74, 6) is 0. The van der Waals surface area contributed by atoms with E-state index >= 15 is 0 Å². The minimum absolute atomic E-state index is 0.162. The molecular formula is C17H24N2O2. The van der Waals surface area contributed by atoms with Crippen LogP contribution in [0.1, 0.15) is 44.7 Å². The maximum atomic E-state index is 12.3. The number of benzene rings is 1. The Balaban J connectivity index is 1.90. The highest BCUT2D eigenvalue weighted by Crippen LogP contribution is 2.50. The Labute approximate surface area is 126 Å². The van der Waals surface area contributed by atoms with Crippen molar-refractivity contribution in [3.05, 3.63) is 29.3 Å². The van der Waals surface area contributed by atoms with Crippen molar-refractivity contribution in [2.24, 2.45) is 5.73 Å². The molecule has 0 aromatic heterocycles. The molecule has 2 aliphatic rings.